The summed E-state index contributed by atoms with van der Waals surface area (Å²) in [6, 6.07) is 4.08. The van der Waals surface area contributed by atoms with Gasteiger partial charge >= 0.3 is 12.0 Å². The minimum atomic E-state index is -1.32. The second kappa shape index (κ2) is 6.60. The Bertz CT molecular complexity index is 506. The van der Waals surface area contributed by atoms with Crippen molar-refractivity contribution in [1.82, 2.24) is 10.6 Å². The van der Waals surface area contributed by atoms with Crippen LogP contribution in [0.1, 0.15) is 11.6 Å². The Morgan fingerprint density at radius 3 is 2.47 bits per heavy atom. The van der Waals surface area contributed by atoms with Gasteiger partial charge in [-0.15, -0.1) is 0 Å². The number of nitrogens with two attached hydrogens (primary N) is 1. The Hall–Kier alpha value is -2.28. The highest BCUT2D eigenvalue weighted by molar-refractivity contribution is 6.31. The molecule has 0 aromatic heterocycles. The van der Waals surface area contributed by atoms with Crippen molar-refractivity contribution in [2.24, 2.45) is 5.73 Å². The van der Waals surface area contributed by atoms with Gasteiger partial charge < -0.3 is 21.5 Å². The van der Waals surface area contributed by atoms with Gasteiger partial charge in [0.25, 0.3) is 0 Å². The van der Waals surface area contributed by atoms with Crippen molar-refractivity contribution in [3.8, 4) is 0 Å². The van der Waals surface area contributed by atoms with Crippen LogP contribution in [-0.4, -0.2) is 29.6 Å². The lowest BCUT2D eigenvalue weighted by molar-refractivity contribution is -0.139. The molecule has 0 aliphatic heterocycles. The summed E-state index contributed by atoms with van der Waals surface area (Å²) in [5.74, 6) is -2.01. The molecular formula is C11H12ClN3O4. The van der Waals surface area contributed by atoms with E-state index in [1.807, 2.05) is 0 Å². The van der Waals surface area contributed by atoms with Gasteiger partial charge in [-0.3, -0.25) is 4.79 Å². The maximum Gasteiger partial charge on any atom is 0.331 e. The van der Waals surface area contributed by atoms with Crippen molar-refractivity contribution in [2.75, 3.05) is 6.54 Å². The number of carboxylic acid groups (broad SMARTS) is 1. The van der Waals surface area contributed by atoms with Crippen molar-refractivity contribution in [3.05, 3.63) is 34.9 Å². The fourth-order valence-electron chi connectivity index (χ4n) is 1.33. The maximum atomic E-state index is 11.4. The molecule has 8 heteroatoms. The average molecular weight is 286 g/mol. The molecule has 1 atom stereocenters. The first-order chi connectivity index (χ1) is 8.91. The summed E-state index contributed by atoms with van der Waals surface area (Å²) in [7, 11) is 0. The van der Waals surface area contributed by atoms with Crippen molar-refractivity contribution in [2.45, 2.75) is 6.04 Å². The topological polar surface area (TPSA) is 122 Å². The van der Waals surface area contributed by atoms with Crippen LogP contribution in [0.25, 0.3) is 0 Å². The third-order valence-corrected chi connectivity index (χ3v) is 2.51. The Labute approximate surface area is 113 Å². The average Bonchev–Trinajstić information content (AvgIpc) is 2.34. The highest BCUT2D eigenvalue weighted by Gasteiger charge is 2.24. The zero-order valence-electron chi connectivity index (χ0n) is 9.72. The van der Waals surface area contributed by atoms with Gasteiger partial charge in [0.15, 0.2) is 6.04 Å². The molecule has 1 rings (SSSR count). The summed E-state index contributed by atoms with van der Waals surface area (Å²) in [6.07, 6.45) is 0. The number of aliphatic carboxylic acids is 1. The molecule has 0 aliphatic carbocycles. The highest BCUT2D eigenvalue weighted by atomic mass is 35.5. The number of primary amides is 1. The molecule has 0 spiro atoms. The molecule has 0 saturated heterocycles. The number of hydrogen-bond acceptors (Lipinski definition) is 3. The number of amides is 3. The molecule has 0 heterocycles. The van der Waals surface area contributed by atoms with Crippen LogP contribution in [-0.2, 0) is 9.59 Å². The van der Waals surface area contributed by atoms with Crippen LogP contribution >= 0.6 is 11.6 Å². The summed E-state index contributed by atoms with van der Waals surface area (Å²) in [4.78, 5) is 33.0. The molecule has 0 aliphatic rings. The lowest BCUT2D eigenvalue weighted by Gasteiger charge is -2.16. The first-order valence-corrected chi connectivity index (χ1v) is 5.59. The van der Waals surface area contributed by atoms with E-state index in [4.69, 9.17) is 22.4 Å². The fraction of sp³-hybridized carbons (Fsp3) is 0.182. The molecule has 102 valence electrons. The molecule has 1 aromatic carbocycles. The third kappa shape index (κ3) is 4.47. The fourth-order valence-corrected chi connectivity index (χ4v) is 1.58. The van der Waals surface area contributed by atoms with E-state index in [9.17, 15) is 14.4 Å². The van der Waals surface area contributed by atoms with Gasteiger partial charge in [0.1, 0.15) is 0 Å². The molecule has 0 bridgehead atoms. The van der Waals surface area contributed by atoms with Gasteiger partial charge in [-0.25, -0.2) is 9.59 Å². The smallest absolute Gasteiger partial charge is 0.331 e. The quantitative estimate of drug-likeness (QED) is 0.619. The van der Waals surface area contributed by atoms with Gasteiger partial charge in [-0.2, -0.15) is 0 Å². The minimum Gasteiger partial charge on any atom is -0.479 e. The van der Waals surface area contributed by atoms with E-state index in [-0.39, 0.29) is 17.1 Å². The third-order valence-electron chi connectivity index (χ3n) is 2.16. The number of benzene rings is 1. The zero-order chi connectivity index (χ0) is 14.4. The van der Waals surface area contributed by atoms with Gasteiger partial charge in [0.2, 0.25) is 5.91 Å². The van der Waals surface area contributed by atoms with Gasteiger partial charge in [0, 0.05) is 10.6 Å². The molecular weight excluding hydrogens is 274 g/mol. The number of urea groups is 1. The highest BCUT2D eigenvalue weighted by Crippen LogP contribution is 2.22. The predicted molar refractivity (Wildman–Crippen MR) is 67.6 cm³/mol. The van der Waals surface area contributed by atoms with Crippen LogP contribution in [0.3, 0.4) is 0 Å². The molecule has 0 unspecified atom stereocenters. The second-order valence-corrected chi connectivity index (χ2v) is 3.99. The van der Waals surface area contributed by atoms with E-state index in [0.717, 1.165) is 0 Å². The van der Waals surface area contributed by atoms with Crippen LogP contribution < -0.4 is 16.4 Å². The normalized spacial score (nSPS) is 11.4. The second-order valence-electron chi connectivity index (χ2n) is 3.59. The Balaban J connectivity index is 2.80. The number of carbonyl (C=O) groups is 3. The molecule has 1 aromatic rings. The lowest BCUT2D eigenvalue weighted by Crippen LogP contribution is -2.43. The monoisotopic (exact) mass is 285 g/mol. The van der Waals surface area contributed by atoms with Gasteiger partial charge in [-0.05, 0) is 6.07 Å². The van der Waals surface area contributed by atoms with Crippen molar-refractivity contribution in [1.29, 1.82) is 0 Å². The maximum absolute atomic E-state index is 11.4. The number of hydrogen-bond donors (Lipinski definition) is 4. The summed E-state index contributed by atoms with van der Waals surface area (Å²) < 4.78 is 0. The Kier molecular flexibility index (Phi) is 5.13. The van der Waals surface area contributed by atoms with Crippen LogP contribution in [0.5, 0.6) is 0 Å². The minimum absolute atomic E-state index is 0.213. The molecule has 0 fully saturated rings. The van der Waals surface area contributed by atoms with Crippen LogP contribution in [0.2, 0.25) is 5.02 Å². The number of nitrogens with one attached hydrogen (secondary N) is 2. The van der Waals surface area contributed by atoms with E-state index < -0.39 is 23.9 Å². The van der Waals surface area contributed by atoms with E-state index in [0.29, 0.717) is 0 Å². The van der Waals surface area contributed by atoms with Crippen LogP contribution in [0.4, 0.5) is 4.79 Å². The first-order valence-electron chi connectivity index (χ1n) is 5.21. The van der Waals surface area contributed by atoms with E-state index in [2.05, 4.69) is 10.6 Å². The molecule has 19 heavy (non-hydrogen) atoms. The van der Waals surface area contributed by atoms with Crippen molar-refractivity contribution < 1.29 is 19.5 Å². The SMILES string of the molecule is NC(=O)CNC(=O)N[C@@H](C(=O)O)c1ccccc1Cl. The van der Waals surface area contributed by atoms with Gasteiger partial charge in [0.05, 0.1) is 6.54 Å². The van der Waals surface area contributed by atoms with Crippen LogP contribution in [0, 0.1) is 0 Å². The Morgan fingerprint density at radius 2 is 1.95 bits per heavy atom. The van der Waals surface area contributed by atoms with E-state index >= 15 is 0 Å². The number of carboxylic acids is 1. The molecule has 0 radical (unpaired) electrons. The molecule has 7 nitrogen and oxygen atoms in total. The van der Waals surface area contributed by atoms with Crippen LogP contribution in [0.15, 0.2) is 24.3 Å². The summed E-state index contributed by atoms with van der Waals surface area (Å²) in [6.45, 7) is -0.388. The molecule has 5 N–H and O–H groups in total. The number of carbonyl (C=O) groups excluding carboxylic acids is 2. The largest absolute Gasteiger partial charge is 0.479 e. The standard InChI is InChI=1S/C11H12ClN3O4/c12-7-4-2-1-3-6(7)9(10(17)18)15-11(19)14-5-8(13)16/h1-4,9H,5H2,(H2,13,16)(H,17,18)(H2,14,15,19)/t9-/m1/s1. The van der Waals surface area contributed by atoms with E-state index in [1.165, 1.54) is 12.1 Å². The van der Waals surface area contributed by atoms with E-state index in [1.54, 1.807) is 12.1 Å². The predicted octanol–water partition coefficient (Wildman–Crippen LogP) is 0.250. The van der Waals surface area contributed by atoms with Gasteiger partial charge in [-0.1, -0.05) is 29.8 Å². The first kappa shape index (κ1) is 14.8. The summed E-state index contributed by atoms with van der Waals surface area (Å²) in [5, 5.41) is 13.6. The summed E-state index contributed by atoms with van der Waals surface area (Å²) in [5.41, 5.74) is 5.09. The number of rotatable bonds is 5. The zero-order valence-corrected chi connectivity index (χ0v) is 10.5. The molecule has 0 saturated carbocycles. The summed E-state index contributed by atoms with van der Waals surface area (Å²) >= 11 is 5.86. The lowest BCUT2D eigenvalue weighted by atomic mass is 10.1. The van der Waals surface area contributed by atoms with Crippen molar-refractivity contribution in [3.63, 3.8) is 0 Å². The number of halogens is 1. The van der Waals surface area contributed by atoms with Crippen molar-refractivity contribution >= 4 is 29.5 Å². The molecule has 3 amide bonds. The Morgan fingerprint density at radius 1 is 1.32 bits per heavy atom.